The molecule has 0 unspecified atom stereocenters. The normalized spacial score (nSPS) is 14.7. The third-order valence-electron chi connectivity index (χ3n) is 5.22. The lowest BCUT2D eigenvalue weighted by Gasteiger charge is -2.39. The number of carbonyl (C=O) groups excluding carboxylic acids is 2. The highest BCUT2D eigenvalue weighted by molar-refractivity contribution is 6.04. The zero-order valence-corrected chi connectivity index (χ0v) is 16.8. The van der Waals surface area contributed by atoms with Crippen molar-refractivity contribution in [3.8, 4) is 0 Å². The summed E-state index contributed by atoms with van der Waals surface area (Å²) >= 11 is 0. The van der Waals surface area contributed by atoms with E-state index in [0.29, 0.717) is 32.7 Å². The lowest BCUT2D eigenvalue weighted by Crippen LogP contribution is -2.55. The molecular weight excluding hydrogens is 352 g/mol. The Hall–Kier alpha value is -2.89. The topological polar surface area (TPSA) is 56.8 Å². The molecule has 3 rings (SSSR count). The number of amides is 2. The Morgan fingerprint density at radius 2 is 1.64 bits per heavy atom. The lowest BCUT2D eigenvalue weighted by molar-refractivity contribution is -0.153. The average molecular weight is 380 g/mol. The van der Waals surface area contributed by atoms with E-state index in [1.165, 1.54) is 0 Å². The van der Waals surface area contributed by atoms with Gasteiger partial charge in [-0.15, -0.1) is 0 Å². The fourth-order valence-corrected chi connectivity index (χ4v) is 3.57. The Kier molecular flexibility index (Phi) is 5.97. The zero-order chi connectivity index (χ0) is 20.1. The van der Waals surface area contributed by atoms with Gasteiger partial charge < -0.3 is 14.7 Å². The summed E-state index contributed by atoms with van der Waals surface area (Å²) in [5.74, 6) is 0.652. The molecule has 0 N–H and O–H groups in total. The van der Waals surface area contributed by atoms with Crippen molar-refractivity contribution in [2.75, 3.05) is 38.1 Å². The van der Waals surface area contributed by atoms with Crippen LogP contribution < -0.4 is 4.90 Å². The minimum absolute atomic E-state index is 0.113. The minimum Gasteiger partial charge on any atom is -0.353 e. The van der Waals surface area contributed by atoms with Crippen LogP contribution in [0.3, 0.4) is 0 Å². The van der Waals surface area contributed by atoms with Crippen LogP contribution in [0.15, 0.2) is 54.7 Å². The zero-order valence-electron chi connectivity index (χ0n) is 16.8. The summed E-state index contributed by atoms with van der Waals surface area (Å²) in [7, 11) is 1.75. The maximum atomic E-state index is 13.1. The third-order valence-corrected chi connectivity index (χ3v) is 5.22. The number of hydrogen-bond acceptors (Lipinski definition) is 4. The van der Waals surface area contributed by atoms with Gasteiger partial charge in [0, 0.05) is 46.0 Å². The summed E-state index contributed by atoms with van der Waals surface area (Å²) in [5, 5.41) is 0. The molecule has 1 aromatic carbocycles. The Labute approximate surface area is 166 Å². The van der Waals surface area contributed by atoms with Crippen LogP contribution >= 0.6 is 0 Å². The standard InChI is InChI=1S/C22H28N4O2/c1-22(2,20(27)24(3)17-18-9-5-4-6-10-18)21(28)26-15-13-25(14-16-26)19-11-7-8-12-23-19/h4-12H,13-17H2,1-3H3. The van der Waals surface area contributed by atoms with Crippen molar-refractivity contribution in [2.45, 2.75) is 20.4 Å². The van der Waals surface area contributed by atoms with E-state index < -0.39 is 5.41 Å². The van der Waals surface area contributed by atoms with Crippen LogP contribution in [-0.4, -0.2) is 59.8 Å². The number of anilines is 1. The smallest absolute Gasteiger partial charge is 0.237 e. The highest BCUT2D eigenvalue weighted by atomic mass is 16.2. The van der Waals surface area contributed by atoms with Gasteiger partial charge in [-0.25, -0.2) is 4.98 Å². The fraction of sp³-hybridized carbons (Fsp3) is 0.409. The van der Waals surface area contributed by atoms with Crippen molar-refractivity contribution in [1.29, 1.82) is 0 Å². The molecule has 6 nitrogen and oxygen atoms in total. The number of aromatic nitrogens is 1. The second kappa shape index (κ2) is 8.42. The number of piperazine rings is 1. The molecular formula is C22H28N4O2. The van der Waals surface area contributed by atoms with Gasteiger partial charge in [0.1, 0.15) is 11.2 Å². The maximum absolute atomic E-state index is 13.1. The van der Waals surface area contributed by atoms with E-state index in [1.807, 2.05) is 48.5 Å². The summed E-state index contributed by atoms with van der Waals surface area (Å²) in [5.41, 5.74) is -0.0398. The number of rotatable bonds is 5. The van der Waals surface area contributed by atoms with Gasteiger partial charge in [-0.2, -0.15) is 0 Å². The van der Waals surface area contributed by atoms with Gasteiger partial charge in [-0.3, -0.25) is 9.59 Å². The van der Waals surface area contributed by atoms with Crippen molar-refractivity contribution in [3.05, 3.63) is 60.3 Å². The van der Waals surface area contributed by atoms with Crippen molar-refractivity contribution >= 4 is 17.6 Å². The second-order valence-corrected chi connectivity index (χ2v) is 7.74. The molecule has 0 atom stereocenters. The van der Waals surface area contributed by atoms with E-state index in [4.69, 9.17) is 0 Å². The minimum atomic E-state index is -1.09. The van der Waals surface area contributed by atoms with E-state index in [1.54, 1.807) is 36.9 Å². The summed E-state index contributed by atoms with van der Waals surface area (Å²) in [6.45, 7) is 6.56. The van der Waals surface area contributed by atoms with Crippen LogP contribution in [0.5, 0.6) is 0 Å². The molecule has 1 aliphatic rings. The fourth-order valence-electron chi connectivity index (χ4n) is 3.57. The van der Waals surface area contributed by atoms with Crippen LogP contribution in [0.4, 0.5) is 5.82 Å². The Morgan fingerprint density at radius 3 is 2.25 bits per heavy atom. The second-order valence-electron chi connectivity index (χ2n) is 7.74. The van der Waals surface area contributed by atoms with Gasteiger partial charge in [0.25, 0.3) is 0 Å². The molecule has 0 aliphatic carbocycles. The number of hydrogen-bond donors (Lipinski definition) is 0. The van der Waals surface area contributed by atoms with Crippen LogP contribution in [-0.2, 0) is 16.1 Å². The molecule has 1 saturated heterocycles. The van der Waals surface area contributed by atoms with Crippen molar-refractivity contribution in [2.24, 2.45) is 5.41 Å². The summed E-state index contributed by atoms with van der Waals surface area (Å²) in [6, 6.07) is 15.6. The van der Waals surface area contributed by atoms with Crippen molar-refractivity contribution in [3.63, 3.8) is 0 Å². The van der Waals surface area contributed by atoms with Gasteiger partial charge in [-0.05, 0) is 31.5 Å². The molecule has 0 radical (unpaired) electrons. The molecule has 2 aromatic rings. The van der Waals surface area contributed by atoms with E-state index in [2.05, 4.69) is 9.88 Å². The van der Waals surface area contributed by atoms with Crippen LogP contribution in [0.25, 0.3) is 0 Å². The molecule has 1 fully saturated rings. The Morgan fingerprint density at radius 1 is 1.00 bits per heavy atom. The first-order valence-corrected chi connectivity index (χ1v) is 9.64. The number of nitrogens with zero attached hydrogens (tertiary/aromatic N) is 4. The van der Waals surface area contributed by atoms with Crippen molar-refractivity contribution < 1.29 is 9.59 Å². The maximum Gasteiger partial charge on any atom is 0.237 e. The van der Waals surface area contributed by atoms with E-state index in [-0.39, 0.29) is 11.8 Å². The number of pyridine rings is 1. The SMILES string of the molecule is CN(Cc1ccccc1)C(=O)C(C)(C)C(=O)N1CCN(c2ccccn2)CC1. The monoisotopic (exact) mass is 380 g/mol. The van der Waals surface area contributed by atoms with Gasteiger partial charge in [0.2, 0.25) is 11.8 Å². The van der Waals surface area contributed by atoms with Gasteiger partial charge in [0.15, 0.2) is 0 Å². The predicted octanol–water partition coefficient (Wildman–Crippen LogP) is 2.42. The average Bonchev–Trinajstić information content (AvgIpc) is 2.74. The Balaban J connectivity index is 1.60. The molecule has 6 heteroatoms. The first kappa shape index (κ1) is 19.9. The van der Waals surface area contributed by atoms with E-state index >= 15 is 0 Å². The van der Waals surface area contributed by atoms with Crippen LogP contribution in [0.2, 0.25) is 0 Å². The van der Waals surface area contributed by atoms with Crippen LogP contribution in [0, 0.1) is 5.41 Å². The van der Waals surface area contributed by atoms with Gasteiger partial charge >= 0.3 is 0 Å². The van der Waals surface area contributed by atoms with Crippen molar-refractivity contribution in [1.82, 2.24) is 14.8 Å². The highest BCUT2D eigenvalue weighted by Crippen LogP contribution is 2.24. The summed E-state index contributed by atoms with van der Waals surface area (Å²) < 4.78 is 0. The molecule has 2 heterocycles. The molecule has 0 spiro atoms. The predicted molar refractivity (Wildman–Crippen MR) is 110 cm³/mol. The van der Waals surface area contributed by atoms with E-state index in [0.717, 1.165) is 11.4 Å². The largest absolute Gasteiger partial charge is 0.353 e. The number of benzene rings is 1. The molecule has 2 amide bonds. The number of carbonyl (C=O) groups is 2. The molecule has 0 saturated carbocycles. The van der Waals surface area contributed by atoms with Gasteiger partial charge in [-0.1, -0.05) is 36.4 Å². The lowest BCUT2D eigenvalue weighted by atomic mass is 9.89. The molecule has 148 valence electrons. The quantitative estimate of drug-likeness (QED) is 0.748. The summed E-state index contributed by atoms with van der Waals surface area (Å²) in [4.78, 5) is 36.1. The molecule has 1 aromatic heterocycles. The van der Waals surface area contributed by atoms with Gasteiger partial charge in [0.05, 0.1) is 0 Å². The molecule has 0 bridgehead atoms. The highest BCUT2D eigenvalue weighted by Gasteiger charge is 2.41. The molecule has 28 heavy (non-hydrogen) atoms. The summed E-state index contributed by atoms with van der Waals surface area (Å²) in [6.07, 6.45) is 1.78. The Bertz CT molecular complexity index is 800. The molecule has 1 aliphatic heterocycles. The van der Waals surface area contributed by atoms with Crippen LogP contribution in [0.1, 0.15) is 19.4 Å². The van der Waals surface area contributed by atoms with E-state index in [9.17, 15) is 9.59 Å². The first-order chi connectivity index (χ1) is 13.4. The first-order valence-electron chi connectivity index (χ1n) is 9.64. The third kappa shape index (κ3) is 4.32.